The fourth-order valence-corrected chi connectivity index (χ4v) is 4.76. The topological polar surface area (TPSA) is 125 Å². The third-order valence-corrected chi connectivity index (χ3v) is 7.32. The van der Waals surface area contributed by atoms with Crippen LogP contribution in [0.25, 0.3) is 0 Å². The van der Waals surface area contributed by atoms with Crippen molar-refractivity contribution in [1.29, 1.82) is 0 Å². The van der Waals surface area contributed by atoms with E-state index in [0.717, 1.165) is 17.0 Å². The van der Waals surface area contributed by atoms with Crippen molar-refractivity contribution < 1.29 is 54.2 Å². The average Bonchev–Trinajstić information content (AvgIpc) is 3.21. The summed E-state index contributed by atoms with van der Waals surface area (Å²) in [7, 11) is -2.68. The van der Waals surface area contributed by atoms with Crippen molar-refractivity contribution in [2.24, 2.45) is 0 Å². The molecule has 220 valence electrons. The number of rotatable bonds is 5. The van der Waals surface area contributed by atoms with Crippen LogP contribution in [0.1, 0.15) is 43.5 Å². The van der Waals surface area contributed by atoms with Crippen LogP contribution in [0.2, 0.25) is 0 Å². The first kappa shape index (κ1) is 31.2. The van der Waals surface area contributed by atoms with Crippen LogP contribution >= 0.6 is 0 Å². The Kier molecular flexibility index (Phi) is 7.97. The van der Waals surface area contributed by atoms with Crippen molar-refractivity contribution in [3.8, 4) is 0 Å². The molecule has 1 atom stereocenters. The number of halogens is 6. The molecule has 0 bridgehead atoms. The van der Waals surface area contributed by atoms with Gasteiger partial charge in [0.2, 0.25) is 10.0 Å². The third kappa shape index (κ3) is 5.88. The Hall–Kier alpha value is -3.37. The van der Waals surface area contributed by atoms with E-state index in [0.29, 0.717) is 12.1 Å². The lowest BCUT2D eigenvalue weighted by atomic mass is 9.92. The number of nitrogens with zero attached hydrogens (tertiary/aromatic N) is 1. The molecule has 0 radical (unpaired) electrons. The normalized spacial score (nSPS) is 16.5. The highest BCUT2D eigenvalue weighted by atomic mass is 32.2. The molecule has 0 saturated heterocycles. The number of carbonyl (C=O) groups excluding carboxylic acids is 2. The zero-order valence-electron chi connectivity index (χ0n) is 21.4. The Morgan fingerprint density at radius 2 is 1.52 bits per heavy atom. The minimum absolute atomic E-state index is 0.142. The fourth-order valence-electron chi connectivity index (χ4n) is 3.98. The van der Waals surface area contributed by atoms with Crippen molar-refractivity contribution in [3.05, 3.63) is 59.2 Å². The van der Waals surface area contributed by atoms with Crippen molar-refractivity contribution in [2.75, 3.05) is 12.4 Å². The van der Waals surface area contributed by atoms with E-state index in [9.17, 15) is 49.5 Å². The molecule has 9 nitrogen and oxygen atoms in total. The number of carbonyl (C=O) groups is 2. The highest BCUT2D eigenvalue weighted by Gasteiger charge is 2.71. The second kappa shape index (κ2) is 10.2. The highest BCUT2D eigenvalue weighted by Crippen LogP contribution is 2.50. The first-order valence-corrected chi connectivity index (χ1v) is 12.9. The van der Waals surface area contributed by atoms with Crippen LogP contribution in [0.4, 0.5) is 36.8 Å². The van der Waals surface area contributed by atoms with Gasteiger partial charge in [-0.15, -0.1) is 0 Å². The van der Waals surface area contributed by atoms with Crippen molar-refractivity contribution in [2.45, 2.75) is 61.8 Å². The summed E-state index contributed by atoms with van der Waals surface area (Å²) in [5.74, 6) is -0.913. The Labute approximate surface area is 225 Å². The molecule has 0 aromatic heterocycles. The van der Waals surface area contributed by atoms with Gasteiger partial charge in [-0.25, -0.2) is 17.9 Å². The largest absolute Gasteiger partial charge is 0.444 e. The van der Waals surface area contributed by atoms with E-state index in [-0.39, 0.29) is 28.3 Å². The van der Waals surface area contributed by atoms with Gasteiger partial charge in [-0.05, 0) is 63.2 Å². The number of amides is 2. The zero-order chi connectivity index (χ0) is 30.5. The van der Waals surface area contributed by atoms with Crippen molar-refractivity contribution >= 4 is 27.7 Å². The molecule has 1 aliphatic rings. The summed E-state index contributed by atoms with van der Waals surface area (Å²) in [6, 6.07) is 4.56. The second-order valence-electron chi connectivity index (χ2n) is 9.85. The minimum Gasteiger partial charge on any atom is -0.444 e. The zero-order valence-corrected chi connectivity index (χ0v) is 22.3. The van der Waals surface area contributed by atoms with Gasteiger partial charge in [0.15, 0.2) is 0 Å². The Balaban J connectivity index is 1.97. The van der Waals surface area contributed by atoms with E-state index >= 15 is 0 Å². The Bertz CT molecular complexity index is 1390. The van der Waals surface area contributed by atoms with E-state index in [1.807, 2.05) is 0 Å². The van der Waals surface area contributed by atoms with Crippen LogP contribution in [0.5, 0.6) is 0 Å². The summed E-state index contributed by atoms with van der Waals surface area (Å²) in [5, 5.41) is 11.9. The second-order valence-corrected chi connectivity index (χ2v) is 11.7. The lowest BCUT2D eigenvalue weighted by Crippen LogP contribution is -2.53. The van der Waals surface area contributed by atoms with E-state index in [1.165, 1.54) is 25.2 Å². The number of hydrogen-bond acceptors (Lipinski definition) is 6. The first-order chi connectivity index (χ1) is 18.1. The maximum Gasteiger partial charge on any atom is 0.430 e. The molecule has 2 amide bonds. The molecule has 0 saturated carbocycles. The predicted octanol–water partition coefficient (Wildman–Crippen LogP) is 4.34. The van der Waals surface area contributed by atoms with Crippen LogP contribution in [0.15, 0.2) is 47.4 Å². The number of fused-ring (bicyclic) bond motifs is 1. The first-order valence-electron chi connectivity index (χ1n) is 11.5. The van der Waals surface area contributed by atoms with Crippen molar-refractivity contribution in [3.63, 3.8) is 0 Å². The lowest BCUT2D eigenvalue weighted by Gasteiger charge is -2.32. The number of ether oxygens (including phenoxy) is 1. The Morgan fingerprint density at radius 3 is 2.00 bits per heavy atom. The van der Waals surface area contributed by atoms with Gasteiger partial charge in [0.05, 0.1) is 11.4 Å². The van der Waals surface area contributed by atoms with E-state index in [4.69, 9.17) is 4.74 Å². The molecule has 3 rings (SSSR count). The van der Waals surface area contributed by atoms with Crippen LogP contribution in [-0.2, 0) is 31.7 Å². The molecular formula is C24H25F6N3O6S. The van der Waals surface area contributed by atoms with Crippen LogP contribution < -0.4 is 10.0 Å². The van der Waals surface area contributed by atoms with Gasteiger partial charge in [-0.2, -0.15) is 26.3 Å². The summed E-state index contributed by atoms with van der Waals surface area (Å²) in [6.07, 6.45) is -13.1. The quantitative estimate of drug-likeness (QED) is 0.441. The number of aliphatic hydroxyl groups is 1. The summed E-state index contributed by atoms with van der Waals surface area (Å²) in [4.78, 5) is 27.1. The standard InChI is InChI=1S/C24H25F6N3O6S/c1-21(2,3)39-20(35)33-12-13-11-16(40(37,38)31-4)9-10-17(13)18(33)19(34)32-15-7-5-14(6-8-15)22(36,23(25,26)27)24(28,29)30/h5-11,18,31,36H,12H2,1-4H3,(H,32,34). The number of anilines is 1. The molecule has 2 aromatic carbocycles. The number of benzene rings is 2. The maximum absolute atomic E-state index is 13.3. The average molecular weight is 598 g/mol. The van der Waals surface area contributed by atoms with Gasteiger partial charge in [0.25, 0.3) is 11.5 Å². The fraction of sp³-hybridized carbons (Fsp3) is 0.417. The summed E-state index contributed by atoms with van der Waals surface area (Å²) >= 11 is 0. The molecule has 16 heteroatoms. The maximum atomic E-state index is 13.3. The number of nitrogens with one attached hydrogen (secondary N) is 2. The van der Waals surface area contributed by atoms with Gasteiger partial charge < -0.3 is 15.2 Å². The number of sulfonamides is 1. The van der Waals surface area contributed by atoms with Gasteiger partial charge in [0, 0.05) is 11.3 Å². The van der Waals surface area contributed by atoms with E-state index in [2.05, 4.69) is 10.0 Å². The molecule has 0 aliphatic carbocycles. The highest BCUT2D eigenvalue weighted by molar-refractivity contribution is 7.89. The van der Waals surface area contributed by atoms with Crippen LogP contribution in [-0.4, -0.2) is 55.4 Å². The van der Waals surface area contributed by atoms with Gasteiger partial charge in [0.1, 0.15) is 11.6 Å². The van der Waals surface area contributed by atoms with E-state index < -0.39 is 57.2 Å². The Morgan fingerprint density at radius 1 is 0.975 bits per heavy atom. The van der Waals surface area contributed by atoms with Crippen LogP contribution in [0, 0.1) is 0 Å². The molecule has 0 spiro atoms. The SMILES string of the molecule is CNS(=O)(=O)c1ccc2c(c1)CN(C(=O)OC(C)(C)C)C2C(=O)Nc1ccc(C(O)(C(F)(F)F)C(F)(F)F)cc1. The molecule has 40 heavy (non-hydrogen) atoms. The van der Waals surface area contributed by atoms with Crippen molar-refractivity contribution in [1.82, 2.24) is 9.62 Å². The van der Waals surface area contributed by atoms with Gasteiger partial charge in [-0.1, -0.05) is 18.2 Å². The van der Waals surface area contributed by atoms with Crippen LogP contribution in [0.3, 0.4) is 0 Å². The van der Waals surface area contributed by atoms with E-state index in [1.54, 1.807) is 20.8 Å². The van der Waals surface area contributed by atoms with Gasteiger partial charge >= 0.3 is 18.4 Å². The smallest absolute Gasteiger partial charge is 0.430 e. The molecular weight excluding hydrogens is 572 g/mol. The molecule has 2 aromatic rings. The molecule has 3 N–H and O–H groups in total. The number of alkyl halides is 6. The predicted molar refractivity (Wildman–Crippen MR) is 128 cm³/mol. The molecule has 1 unspecified atom stereocenters. The summed E-state index contributed by atoms with van der Waals surface area (Å²) < 4.78 is 111. The number of hydrogen-bond donors (Lipinski definition) is 3. The molecule has 0 fully saturated rings. The lowest BCUT2D eigenvalue weighted by molar-refractivity contribution is -0.376. The third-order valence-electron chi connectivity index (χ3n) is 5.91. The summed E-state index contributed by atoms with van der Waals surface area (Å²) in [5.41, 5.74) is -7.38. The monoisotopic (exact) mass is 597 g/mol. The molecule has 1 aliphatic heterocycles. The van der Waals surface area contributed by atoms with Gasteiger partial charge in [-0.3, -0.25) is 9.69 Å². The minimum atomic E-state index is -6.09. The summed E-state index contributed by atoms with van der Waals surface area (Å²) in [6.45, 7) is 4.49. The molecule has 1 heterocycles.